The number of rotatable bonds is 4. The normalized spacial score (nSPS) is 11.2. The lowest BCUT2D eigenvalue weighted by molar-refractivity contribution is -0.137. The van der Waals surface area contributed by atoms with Gasteiger partial charge in [0.1, 0.15) is 6.54 Å². The lowest BCUT2D eigenvalue weighted by atomic mass is 10.1. The van der Waals surface area contributed by atoms with Crippen molar-refractivity contribution in [2.45, 2.75) is 20.0 Å². The van der Waals surface area contributed by atoms with Crippen LogP contribution in [0.25, 0.3) is 0 Å². The zero-order chi connectivity index (χ0) is 19.5. The van der Waals surface area contributed by atoms with Gasteiger partial charge in [-0.3, -0.25) is 9.59 Å². The van der Waals surface area contributed by atoms with Gasteiger partial charge in [0.2, 0.25) is 11.8 Å². The Hall–Kier alpha value is -2.54. The second-order valence-corrected chi connectivity index (χ2v) is 6.12. The van der Waals surface area contributed by atoms with Gasteiger partial charge in [-0.1, -0.05) is 29.3 Å². The molecule has 0 heterocycles. The smallest absolute Gasteiger partial charge is 0.325 e. The summed E-state index contributed by atoms with van der Waals surface area (Å²) in [6, 6.07) is 9.92. The van der Waals surface area contributed by atoms with Crippen molar-refractivity contribution in [3.05, 3.63) is 58.6 Å². The molecule has 0 saturated heterocycles. The van der Waals surface area contributed by atoms with Crippen LogP contribution in [0.2, 0.25) is 5.02 Å². The van der Waals surface area contributed by atoms with E-state index in [1.54, 1.807) is 24.3 Å². The molecule has 26 heavy (non-hydrogen) atoms. The fraction of sp³-hybridized carbons (Fsp3) is 0.222. The number of alkyl halides is 3. The fourth-order valence-corrected chi connectivity index (χ4v) is 2.49. The van der Waals surface area contributed by atoms with Crippen LogP contribution in [0.15, 0.2) is 42.5 Å². The van der Waals surface area contributed by atoms with Crippen LogP contribution in [0.5, 0.6) is 0 Å². The zero-order valence-corrected chi connectivity index (χ0v) is 14.8. The van der Waals surface area contributed by atoms with Crippen LogP contribution in [-0.4, -0.2) is 18.4 Å². The lowest BCUT2D eigenvalue weighted by Crippen LogP contribution is -2.37. The predicted molar refractivity (Wildman–Crippen MR) is 94.3 cm³/mol. The molecule has 0 bridgehead atoms. The minimum absolute atomic E-state index is 0.117. The van der Waals surface area contributed by atoms with E-state index in [4.69, 9.17) is 11.6 Å². The van der Waals surface area contributed by atoms with Gasteiger partial charge in [0.15, 0.2) is 0 Å². The molecule has 0 aliphatic heterocycles. The maximum Gasteiger partial charge on any atom is 0.418 e. The molecule has 0 aliphatic rings. The van der Waals surface area contributed by atoms with Gasteiger partial charge < -0.3 is 10.2 Å². The van der Waals surface area contributed by atoms with Gasteiger partial charge in [-0.05, 0) is 37.3 Å². The molecule has 138 valence electrons. The van der Waals surface area contributed by atoms with Crippen LogP contribution in [0.3, 0.4) is 0 Å². The molecule has 0 radical (unpaired) electrons. The number of aryl methyl sites for hydroxylation is 1. The highest BCUT2D eigenvalue weighted by Crippen LogP contribution is 2.38. The van der Waals surface area contributed by atoms with Crippen molar-refractivity contribution in [2.75, 3.05) is 16.8 Å². The van der Waals surface area contributed by atoms with Gasteiger partial charge in [0, 0.05) is 17.6 Å². The molecule has 0 aromatic heterocycles. The van der Waals surface area contributed by atoms with Crippen molar-refractivity contribution < 1.29 is 22.8 Å². The zero-order valence-electron chi connectivity index (χ0n) is 14.0. The summed E-state index contributed by atoms with van der Waals surface area (Å²) in [7, 11) is 0. The van der Waals surface area contributed by atoms with E-state index in [-0.39, 0.29) is 5.02 Å². The van der Waals surface area contributed by atoms with Gasteiger partial charge in [0.05, 0.1) is 11.3 Å². The average molecular weight is 385 g/mol. The summed E-state index contributed by atoms with van der Waals surface area (Å²) in [5.41, 5.74) is -0.0302. The van der Waals surface area contributed by atoms with E-state index in [1.165, 1.54) is 6.07 Å². The van der Waals surface area contributed by atoms with E-state index in [2.05, 4.69) is 5.32 Å². The molecule has 2 aromatic carbocycles. The van der Waals surface area contributed by atoms with Crippen LogP contribution in [-0.2, 0) is 15.8 Å². The first-order valence-corrected chi connectivity index (χ1v) is 7.97. The van der Waals surface area contributed by atoms with Crippen LogP contribution in [0.4, 0.5) is 24.5 Å². The molecule has 0 saturated carbocycles. The minimum Gasteiger partial charge on any atom is -0.325 e. The van der Waals surface area contributed by atoms with Crippen molar-refractivity contribution in [1.82, 2.24) is 0 Å². The Balaban J connectivity index is 2.28. The fourth-order valence-electron chi connectivity index (χ4n) is 2.32. The summed E-state index contributed by atoms with van der Waals surface area (Å²) in [6.45, 7) is 2.41. The first kappa shape index (κ1) is 19.8. The van der Waals surface area contributed by atoms with Crippen molar-refractivity contribution in [2.24, 2.45) is 0 Å². The van der Waals surface area contributed by atoms with E-state index >= 15 is 0 Å². The molecular weight excluding hydrogens is 369 g/mol. The molecule has 4 nitrogen and oxygen atoms in total. The standard InChI is InChI=1S/C18H16ClF3N2O2/c1-11-3-6-14(7-4-11)23-17(26)10-24(12(2)25)16-8-5-13(19)9-15(16)18(20,21)22/h3-9H,10H2,1-2H3,(H,23,26). The van der Waals surface area contributed by atoms with E-state index < -0.39 is 35.8 Å². The molecule has 2 aromatic rings. The number of carbonyl (C=O) groups excluding carboxylic acids is 2. The van der Waals surface area contributed by atoms with Crippen LogP contribution < -0.4 is 10.2 Å². The highest BCUT2D eigenvalue weighted by molar-refractivity contribution is 6.30. The molecule has 8 heteroatoms. The molecule has 0 fully saturated rings. The Labute approximate surface area is 153 Å². The van der Waals surface area contributed by atoms with Gasteiger partial charge in [-0.15, -0.1) is 0 Å². The highest BCUT2D eigenvalue weighted by atomic mass is 35.5. The van der Waals surface area contributed by atoms with Gasteiger partial charge in [-0.25, -0.2) is 0 Å². The summed E-state index contributed by atoms with van der Waals surface area (Å²) in [5, 5.41) is 2.44. The summed E-state index contributed by atoms with van der Waals surface area (Å²) < 4.78 is 39.8. The van der Waals surface area contributed by atoms with E-state index in [0.717, 1.165) is 29.5 Å². The second kappa shape index (κ2) is 7.78. The van der Waals surface area contributed by atoms with E-state index in [1.807, 2.05) is 6.92 Å². The summed E-state index contributed by atoms with van der Waals surface area (Å²) in [6.07, 6.45) is -4.72. The number of halogens is 4. The first-order valence-electron chi connectivity index (χ1n) is 7.59. The van der Waals surface area contributed by atoms with Crippen molar-refractivity contribution in [3.8, 4) is 0 Å². The molecule has 0 unspecified atom stereocenters. The number of amides is 2. The topological polar surface area (TPSA) is 49.4 Å². The third-order valence-electron chi connectivity index (χ3n) is 3.57. The number of benzene rings is 2. The maximum absolute atomic E-state index is 13.3. The number of carbonyl (C=O) groups is 2. The lowest BCUT2D eigenvalue weighted by Gasteiger charge is -2.24. The number of hydrogen-bond acceptors (Lipinski definition) is 2. The molecule has 2 rings (SSSR count). The second-order valence-electron chi connectivity index (χ2n) is 5.68. The number of anilines is 2. The molecule has 2 amide bonds. The van der Waals surface area contributed by atoms with Crippen LogP contribution in [0.1, 0.15) is 18.1 Å². The Morgan fingerprint density at radius 3 is 2.27 bits per heavy atom. The van der Waals surface area contributed by atoms with Crippen molar-refractivity contribution in [3.63, 3.8) is 0 Å². The molecule has 0 spiro atoms. The highest BCUT2D eigenvalue weighted by Gasteiger charge is 2.36. The average Bonchev–Trinajstić information content (AvgIpc) is 2.54. The largest absolute Gasteiger partial charge is 0.418 e. The molecule has 1 N–H and O–H groups in total. The van der Waals surface area contributed by atoms with Crippen LogP contribution in [0, 0.1) is 6.92 Å². The summed E-state index contributed by atoms with van der Waals surface area (Å²) in [4.78, 5) is 24.9. The maximum atomic E-state index is 13.3. The minimum atomic E-state index is -4.72. The molecule has 0 aliphatic carbocycles. The third-order valence-corrected chi connectivity index (χ3v) is 3.81. The third kappa shape index (κ3) is 4.98. The monoisotopic (exact) mass is 384 g/mol. The molecular formula is C18H16ClF3N2O2. The number of nitrogens with zero attached hydrogens (tertiary/aromatic N) is 1. The Bertz CT molecular complexity index is 820. The van der Waals surface area contributed by atoms with Gasteiger partial charge >= 0.3 is 6.18 Å². The van der Waals surface area contributed by atoms with E-state index in [9.17, 15) is 22.8 Å². The SMILES string of the molecule is CC(=O)N(CC(=O)Nc1ccc(C)cc1)c1ccc(Cl)cc1C(F)(F)F. The van der Waals surface area contributed by atoms with E-state index in [0.29, 0.717) is 5.69 Å². The first-order chi connectivity index (χ1) is 12.1. The van der Waals surface area contributed by atoms with Gasteiger partial charge in [0.25, 0.3) is 0 Å². The Morgan fingerprint density at radius 2 is 1.73 bits per heavy atom. The van der Waals surface area contributed by atoms with Gasteiger partial charge in [-0.2, -0.15) is 13.2 Å². The molecule has 0 atom stereocenters. The number of nitrogens with one attached hydrogen (secondary N) is 1. The quantitative estimate of drug-likeness (QED) is 0.833. The van der Waals surface area contributed by atoms with Crippen LogP contribution >= 0.6 is 11.6 Å². The predicted octanol–water partition coefficient (Wildman–Crippen LogP) is 4.66. The summed E-state index contributed by atoms with van der Waals surface area (Å²) in [5.74, 6) is -1.32. The number of hydrogen-bond donors (Lipinski definition) is 1. The van der Waals surface area contributed by atoms with Crippen molar-refractivity contribution in [1.29, 1.82) is 0 Å². The Kier molecular flexibility index (Phi) is 5.92. The summed E-state index contributed by atoms with van der Waals surface area (Å²) >= 11 is 5.65. The Morgan fingerprint density at radius 1 is 1.12 bits per heavy atom. The van der Waals surface area contributed by atoms with Crippen molar-refractivity contribution >= 4 is 34.8 Å².